The Morgan fingerprint density at radius 3 is 1.57 bits per heavy atom. The van der Waals surface area contributed by atoms with Gasteiger partial charge in [0.05, 0.1) is 0 Å². The Hall–Kier alpha value is 0.269. The molecule has 0 radical (unpaired) electrons. The van der Waals surface area contributed by atoms with Crippen molar-refractivity contribution in [3.05, 3.63) is 0 Å². The van der Waals surface area contributed by atoms with E-state index in [1.807, 2.05) is 0 Å². The van der Waals surface area contributed by atoms with E-state index in [2.05, 4.69) is 20.8 Å². The zero-order valence-corrected chi connectivity index (χ0v) is 17.9. The quantitative estimate of drug-likeness (QED) is 0.196. The molecule has 0 rings (SSSR count). The molecular formula is C18H38O2Sn. The van der Waals surface area contributed by atoms with E-state index in [0.29, 0.717) is 6.61 Å². The standard InChI is InChI=1S/C6H11O2.3C4H9.Sn/c1-3-4-5-8-6(2)7;3*1-3-4-2;/h1,3-5H2,2H3;3*1,3-4H2,2H3;. The fraction of sp³-hybridized carbons (Fsp3) is 0.944. The summed E-state index contributed by atoms with van der Waals surface area (Å²) >= 11 is -1.91. The van der Waals surface area contributed by atoms with Crippen molar-refractivity contribution in [2.75, 3.05) is 6.61 Å². The number of hydrogen-bond donors (Lipinski definition) is 0. The number of esters is 1. The predicted molar refractivity (Wildman–Crippen MR) is 95.6 cm³/mol. The first-order valence-corrected chi connectivity index (χ1v) is 17.3. The van der Waals surface area contributed by atoms with E-state index in [4.69, 9.17) is 4.74 Å². The van der Waals surface area contributed by atoms with Crippen LogP contribution in [0.3, 0.4) is 0 Å². The first-order chi connectivity index (χ1) is 10.1. The van der Waals surface area contributed by atoms with Crippen LogP contribution in [0.15, 0.2) is 0 Å². The molecule has 0 saturated heterocycles. The second-order valence-corrected chi connectivity index (χ2v) is 20.9. The molecule has 0 spiro atoms. The number of carbonyl (C=O) groups is 1. The van der Waals surface area contributed by atoms with Crippen molar-refractivity contribution in [2.45, 2.75) is 96.8 Å². The molecule has 0 aromatic heterocycles. The van der Waals surface area contributed by atoms with E-state index in [-0.39, 0.29) is 5.97 Å². The van der Waals surface area contributed by atoms with Gasteiger partial charge >= 0.3 is 137 Å². The van der Waals surface area contributed by atoms with E-state index < -0.39 is 18.4 Å². The number of rotatable bonds is 14. The van der Waals surface area contributed by atoms with Crippen molar-refractivity contribution in [1.29, 1.82) is 0 Å². The third kappa shape index (κ3) is 11.5. The van der Waals surface area contributed by atoms with Crippen LogP contribution in [-0.4, -0.2) is 31.0 Å². The molecule has 0 heterocycles. The Morgan fingerprint density at radius 2 is 1.19 bits per heavy atom. The van der Waals surface area contributed by atoms with Crippen molar-refractivity contribution >= 4 is 24.3 Å². The summed E-state index contributed by atoms with van der Waals surface area (Å²) in [4.78, 5) is 10.8. The fourth-order valence-electron chi connectivity index (χ4n) is 3.22. The van der Waals surface area contributed by atoms with E-state index in [0.717, 1.165) is 6.42 Å². The fourth-order valence-corrected chi connectivity index (χ4v) is 19.8. The van der Waals surface area contributed by atoms with Gasteiger partial charge in [-0.2, -0.15) is 0 Å². The van der Waals surface area contributed by atoms with Crippen molar-refractivity contribution in [2.24, 2.45) is 0 Å². The summed E-state index contributed by atoms with van der Waals surface area (Å²) in [6, 6.07) is 0. The second-order valence-electron chi connectivity index (χ2n) is 6.61. The Balaban J connectivity index is 4.37. The molecule has 0 aliphatic carbocycles. The molecule has 3 heteroatoms. The monoisotopic (exact) mass is 406 g/mol. The van der Waals surface area contributed by atoms with E-state index in [9.17, 15) is 4.79 Å². The maximum atomic E-state index is 10.8. The van der Waals surface area contributed by atoms with Crippen LogP contribution < -0.4 is 0 Å². The Labute approximate surface area is 137 Å². The molecule has 0 aromatic carbocycles. The molecule has 0 aromatic rings. The summed E-state index contributed by atoms with van der Waals surface area (Å²) in [7, 11) is 0. The zero-order valence-electron chi connectivity index (χ0n) is 15.0. The average molecular weight is 405 g/mol. The second kappa shape index (κ2) is 13.9. The van der Waals surface area contributed by atoms with Gasteiger partial charge in [0, 0.05) is 0 Å². The summed E-state index contributed by atoms with van der Waals surface area (Å²) in [5.74, 6) is -0.132. The van der Waals surface area contributed by atoms with Crippen LogP contribution in [-0.2, 0) is 9.53 Å². The van der Waals surface area contributed by atoms with E-state index >= 15 is 0 Å². The maximum absolute atomic E-state index is 10.8. The van der Waals surface area contributed by atoms with Gasteiger partial charge in [-0.15, -0.1) is 0 Å². The van der Waals surface area contributed by atoms with E-state index in [1.165, 1.54) is 56.3 Å². The minimum atomic E-state index is -1.91. The van der Waals surface area contributed by atoms with Crippen LogP contribution in [0.5, 0.6) is 0 Å². The van der Waals surface area contributed by atoms with Crippen molar-refractivity contribution in [3.63, 3.8) is 0 Å². The number of ether oxygens (including phenoxy) is 1. The van der Waals surface area contributed by atoms with Crippen molar-refractivity contribution in [1.82, 2.24) is 0 Å². The van der Waals surface area contributed by atoms with Gasteiger partial charge in [0.15, 0.2) is 0 Å². The summed E-state index contributed by atoms with van der Waals surface area (Å²) in [6.07, 6.45) is 10.8. The molecule has 21 heavy (non-hydrogen) atoms. The van der Waals surface area contributed by atoms with Gasteiger partial charge in [-0.25, -0.2) is 0 Å². The van der Waals surface area contributed by atoms with Gasteiger partial charge in [0.1, 0.15) is 0 Å². The van der Waals surface area contributed by atoms with Crippen LogP contribution in [0.25, 0.3) is 0 Å². The van der Waals surface area contributed by atoms with Gasteiger partial charge in [0.2, 0.25) is 0 Å². The van der Waals surface area contributed by atoms with Gasteiger partial charge in [-0.3, -0.25) is 0 Å². The Kier molecular flexibility index (Phi) is 14.1. The number of unbranched alkanes of at least 4 members (excludes halogenated alkanes) is 4. The topological polar surface area (TPSA) is 26.3 Å². The summed E-state index contributed by atoms with van der Waals surface area (Å²) < 4.78 is 11.4. The van der Waals surface area contributed by atoms with E-state index in [1.54, 1.807) is 13.3 Å². The van der Waals surface area contributed by atoms with Crippen LogP contribution in [0.4, 0.5) is 0 Å². The Bertz CT molecular complexity index is 232. The summed E-state index contributed by atoms with van der Waals surface area (Å²) in [6.45, 7) is 9.13. The van der Waals surface area contributed by atoms with Crippen molar-refractivity contribution in [3.8, 4) is 0 Å². The third-order valence-electron chi connectivity index (χ3n) is 4.59. The molecule has 0 unspecified atom stereocenters. The van der Waals surface area contributed by atoms with Gasteiger partial charge in [-0.1, -0.05) is 0 Å². The van der Waals surface area contributed by atoms with Gasteiger partial charge < -0.3 is 0 Å². The zero-order chi connectivity index (χ0) is 16.0. The molecule has 0 aliphatic rings. The molecule has 0 N–H and O–H groups in total. The Morgan fingerprint density at radius 1 is 0.762 bits per heavy atom. The predicted octanol–water partition coefficient (Wildman–Crippen LogP) is 6.18. The molecular weight excluding hydrogens is 367 g/mol. The summed E-state index contributed by atoms with van der Waals surface area (Å²) in [5.41, 5.74) is 0. The molecule has 0 atom stereocenters. The molecule has 2 nitrogen and oxygen atoms in total. The average Bonchev–Trinajstić information content (AvgIpc) is 2.47. The SMILES string of the molecule is CCC[CH2][Sn]([CH2]CCC)([CH2]CCC)[CH2]CCCOC(C)=O. The molecule has 0 fully saturated rings. The summed E-state index contributed by atoms with van der Waals surface area (Å²) in [5, 5.41) is 0. The first kappa shape index (κ1) is 21.3. The van der Waals surface area contributed by atoms with Crippen LogP contribution in [0.1, 0.15) is 79.1 Å². The molecule has 0 aliphatic heterocycles. The first-order valence-electron chi connectivity index (χ1n) is 9.23. The van der Waals surface area contributed by atoms with Crippen LogP contribution in [0.2, 0.25) is 17.7 Å². The van der Waals surface area contributed by atoms with Crippen LogP contribution >= 0.6 is 0 Å². The minimum absolute atomic E-state index is 0.132. The number of hydrogen-bond acceptors (Lipinski definition) is 2. The van der Waals surface area contributed by atoms with Crippen molar-refractivity contribution < 1.29 is 9.53 Å². The molecule has 126 valence electrons. The third-order valence-corrected chi connectivity index (χ3v) is 20.7. The molecule has 0 bridgehead atoms. The van der Waals surface area contributed by atoms with Gasteiger partial charge in [-0.05, 0) is 0 Å². The van der Waals surface area contributed by atoms with Crippen LogP contribution in [0, 0.1) is 0 Å². The van der Waals surface area contributed by atoms with Gasteiger partial charge in [0.25, 0.3) is 0 Å². The normalized spacial score (nSPS) is 11.6. The number of carbonyl (C=O) groups excluding carboxylic acids is 1. The molecule has 0 saturated carbocycles. The molecule has 0 amide bonds.